The normalized spacial score (nSPS) is 18.3. The number of aryl methyl sites for hydroxylation is 1. The summed E-state index contributed by atoms with van der Waals surface area (Å²) in [6.45, 7) is 0.278. The third-order valence-electron chi connectivity index (χ3n) is 3.64. The van der Waals surface area contributed by atoms with E-state index in [9.17, 15) is 9.59 Å². The molecule has 5 heteroatoms. The van der Waals surface area contributed by atoms with Crippen LogP contribution in [0.2, 0.25) is 0 Å². The molecule has 1 aromatic carbocycles. The molecule has 1 aliphatic carbocycles. The van der Waals surface area contributed by atoms with Crippen molar-refractivity contribution >= 4 is 18.7 Å². The Labute approximate surface area is 129 Å². The van der Waals surface area contributed by atoms with Crippen LogP contribution in [0.25, 0.3) is 0 Å². The Morgan fingerprint density at radius 2 is 2.27 bits per heavy atom. The molecule has 0 N–H and O–H groups in total. The van der Waals surface area contributed by atoms with Crippen LogP contribution in [0, 0.1) is 5.92 Å². The van der Waals surface area contributed by atoms with E-state index in [1.165, 1.54) is 18.2 Å². The van der Waals surface area contributed by atoms with Crippen molar-refractivity contribution < 1.29 is 19.1 Å². The van der Waals surface area contributed by atoms with Gasteiger partial charge in [0.25, 0.3) is 6.47 Å². The fourth-order valence-corrected chi connectivity index (χ4v) is 2.52. The minimum atomic E-state index is -0.613. The van der Waals surface area contributed by atoms with Gasteiger partial charge in [-0.1, -0.05) is 30.3 Å². The number of aliphatic imine (C=N–C) groups is 1. The van der Waals surface area contributed by atoms with Crippen molar-refractivity contribution in [2.75, 3.05) is 13.7 Å². The molecule has 1 aliphatic rings. The predicted molar refractivity (Wildman–Crippen MR) is 82.7 cm³/mol. The highest BCUT2D eigenvalue weighted by Gasteiger charge is 2.20. The van der Waals surface area contributed by atoms with Gasteiger partial charge in [0, 0.05) is 6.21 Å². The first-order valence-electron chi connectivity index (χ1n) is 7.17. The van der Waals surface area contributed by atoms with E-state index in [4.69, 9.17) is 0 Å². The van der Waals surface area contributed by atoms with E-state index in [1.54, 1.807) is 18.4 Å². The van der Waals surface area contributed by atoms with E-state index < -0.39 is 11.9 Å². The summed E-state index contributed by atoms with van der Waals surface area (Å²) in [5, 5.41) is 0. The maximum Gasteiger partial charge on any atom is 0.316 e. The number of fused-ring (bicyclic) bond motifs is 1. The summed E-state index contributed by atoms with van der Waals surface area (Å²) < 4.78 is 9.27. The number of nitrogens with zero attached hydrogens (tertiary/aromatic N) is 1. The molecule has 2 atom stereocenters. The van der Waals surface area contributed by atoms with Crippen LogP contribution in [-0.4, -0.2) is 32.4 Å². The molecule has 0 amide bonds. The third kappa shape index (κ3) is 4.04. The van der Waals surface area contributed by atoms with E-state index in [2.05, 4.69) is 26.6 Å². The van der Waals surface area contributed by atoms with Crippen LogP contribution in [0.5, 0.6) is 0 Å². The number of allylic oxidation sites excluding steroid dienone is 1. The van der Waals surface area contributed by atoms with Crippen LogP contribution >= 0.6 is 0 Å². The lowest BCUT2D eigenvalue weighted by molar-refractivity contribution is -0.146. The molecule has 116 valence electrons. The predicted octanol–water partition coefficient (Wildman–Crippen LogP) is 2.26. The molecule has 1 unspecified atom stereocenters. The van der Waals surface area contributed by atoms with E-state index in [1.807, 2.05) is 12.1 Å². The first kappa shape index (κ1) is 15.9. The van der Waals surface area contributed by atoms with E-state index in [0.29, 0.717) is 6.47 Å². The second-order valence-corrected chi connectivity index (χ2v) is 5.00. The van der Waals surface area contributed by atoms with Gasteiger partial charge in [-0.2, -0.15) is 0 Å². The monoisotopic (exact) mass is 301 g/mol. The lowest BCUT2D eigenvalue weighted by Crippen LogP contribution is -2.19. The lowest BCUT2D eigenvalue weighted by atomic mass is 10.1. The zero-order chi connectivity index (χ0) is 15.8. The van der Waals surface area contributed by atoms with Gasteiger partial charge in [0.05, 0.1) is 13.2 Å². The highest BCUT2D eigenvalue weighted by Crippen LogP contribution is 2.33. The summed E-state index contributed by atoms with van der Waals surface area (Å²) in [6.07, 6.45) is 7.04. The molecule has 22 heavy (non-hydrogen) atoms. The highest BCUT2D eigenvalue weighted by atomic mass is 16.5. The van der Waals surface area contributed by atoms with Gasteiger partial charge in [0.15, 0.2) is 0 Å². The standard InChI is InChI=1S/C17H19NO4/c1-21-17(20)14(11-22-12-19)6-4-10-18-16-9-8-13-5-2-3-7-15(13)16/h2-7,10,12,14,16H,8-9,11H2,1H3/t14?,16-/m1/s1. The SMILES string of the molecule is COC(=O)C(C=CC=N[C@@H]1CCc2ccccc21)COC=O. The fourth-order valence-electron chi connectivity index (χ4n) is 2.52. The number of ether oxygens (including phenoxy) is 2. The number of hydrogen-bond donors (Lipinski definition) is 0. The largest absolute Gasteiger partial charge is 0.468 e. The van der Waals surface area contributed by atoms with E-state index in [-0.39, 0.29) is 12.6 Å². The lowest BCUT2D eigenvalue weighted by Gasteiger charge is -2.08. The highest BCUT2D eigenvalue weighted by molar-refractivity contribution is 5.78. The van der Waals surface area contributed by atoms with E-state index >= 15 is 0 Å². The van der Waals surface area contributed by atoms with Crippen LogP contribution in [0.1, 0.15) is 23.6 Å². The van der Waals surface area contributed by atoms with Crippen molar-refractivity contribution in [3.05, 3.63) is 47.5 Å². The minimum Gasteiger partial charge on any atom is -0.468 e. The topological polar surface area (TPSA) is 65.0 Å². The van der Waals surface area contributed by atoms with Crippen LogP contribution in [-0.2, 0) is 25.5 Å². The minimum absolute atomic E-state index is 0.0349. The van der Waals surface area contributed by atoms with Gasteiger partial charge in [-0.25, -0.2) is 0 Å². The molecule has 0 saturated carbocycles. The maximum absolute atomic E-state index is 11.5. The molecule has 2 rings (SSSR count). The smallest absolute Gasteiger partial charge is 0.316 e. The first-order valence-corrected chi connectivity index (χ1v) is 7.17. The Morgan fingerprint density at radius 1 is 1.45 bits per heavy atom. The molecule has 5 nitrogen and oxygen atoms in total. The Kier molecular flexibility index (Phi) is 5.89. The molecule has 1 aromatic rings. The van der Waals surface area contributed by atoms with Crippen LogP contribution in [0.15, 0.2) is 41.4 Å². The van der Waals surface area contributed by atoms with Crippen molar-refractivity contribution in [1.82, 2.24) is 0 Å². The molecule has 0 spiro atoms. The van der Waals surface area contributed by atoms with Crippen molar-refractivity contribution in [3.8, 4) is 0 Å². The van der Waals surface area contributed by atoms with Crippen molar-refractivity contribution in [2.45, 2.75) is 18.9 Å². The molecule has 0 bridgehead atoms. The summed E-state index contributed by atoms with van der Waals surface area (Å²) in [7, 11) is 1.30. The van der Waals surface area contributed by atoms with Gasteiger partial charge in [0.1, 0.15) is 12.5 Å². The van der Waals surface area contributed by atoms with Crippen molar-refractivity contribution in [1.29, 1.82) is 0 Å². The van der Waals surface area contributed by atoms with Crippen LogP contribution in [0.4, 0.5) is 0 Å². The van der Waals surface area contributed by atoms with Gasteiger partial charge >= 0.3 is 5.97 Å². The Morgan fingerprint density at radius 3 is 3.05 bits per heavy atom. The number of hydrogen-bond acceptors (Lipinski definition) is 5. The average molecular weight is 301 g/mol. The van der Waals surface area contributed by atoms with Gasteiger partial charge < -0.3 is 9.47 Å². The number of esters is 1. The van der Waals surface area contributed by atoms with Gasteiger partial charge in [0.2, 0.25) is 0 Å². The summed E-state index contributed by atoms with van der Waals surface area (Å²) in [5.74, 6) is -1.06. The zero-order valence-corrected chi connectivity index (χ0v) is 12.5. The second kappa shape index (κ2) is 8.12. The molecular weight excluding hydrogens is 282 g/mol. The summed E-state index contributed by atoms with van der Waals surface area (Å²) in [6, 6.07) is 8.46. The fraction of sp³-hybridized carbons (Fsp3) is 0.353. The Hall–Kier alpha value is -2.43. The molecular formula is C17H19NO4. The molecule has 0 heterocycles. The van der Waals surface area contributed by atoms with Crippen LogP contribution in [0.3, 0.4) is 0 Å². The number of methoxy groups -OCH3 is 1. The number of carbonyl (C=O) groups excluding carboxylic acids is 2. The van der Waals surface area contributed by atoms with Gasteiger partial charge in [-0.05, 0) is 30.0 Å². The Bertz CT molecular complexity index is 580. The molecule has 0 saturated heterocycles. The molecule has 0 aromatic heterocycles. The third-order valence-corrected chi connectivity index (χ3v) is 3.64. The molecule has 0 radical (unpaired) electrons. The van der Waals surface area contributed by atoms with E-state index in [0.717, 1.165) is 12.8 Å². The number of carbonyl (C=O) groups is 2. The van der Waals surface area contributed by atoms with Gasteiger partial charge in [-0.15, -0.1) is 0 Å². The van der Waals surface area contributed by atoms with Crippen molar-refractivity contribution in [2.24, 2.45) is 10.9 Å². The number of benzene rings is 1. The zero-order valence-electron chi connectivity index (χ0n) is 12.5. The van der Waals surface area contributed by atoms with Crippen molar-refractivity contribution in [3.63, 3.8) is 0 Å². The average Bonchev–Trinajstić information content (AvgIpc) is 2.97. The molecule has 0 fully saturated rings. The van der Waals surface area contributed by atoms with Crippen LogP contribution < -0.4 is 0 Å². The summed E-state index contributed by atoms with van der Waals surface area (Å²) in [4.78, 5) is 26.3. The summed E-state index contributed by atoms with van der Waals surface area (Å²) >= 11 is 0. The van der Waals surface area contributed by atoms with Gasteiger partial charge in [-0.3, -0.25) is 14.6 Å². The maximum atomic E-state index is 11.5. The number of rotatable bonds is 7. The quantitative estimate of drug-likeness (QED) is 0.440. The first-order chi connectivity index (χ1) is 10.8. The second-order valence-electron chi connectivity index (χ2n) is 5.00. The Balaban J connectivity index is 1.95. The molecule has 0 aliphatic heterocycles. The summed E-state index contributed by atoms with van der Waals surface area (Å²) in [5.41, 5.74) is 2.61.